The molecule has 0 spiro atoms. The van der Waals surface area contributed by atoms with Crippen molar-refractivity contribution in [3.8, 4) is 0 Å². The van der Waals surface area contributed by atoms with E-state index in [1.165, 1.54) is 4.31 Å². The Hall–Kier alpha value is -0.130. The second-order valence-corrected chi connectivity index (χ2v) is 5.13. The third-order valence-corrected chi connectivity index (χ3v) is 3.57. The summed E-state index contributed by atoms with van der Waals surface area (Å²) in [5, 5.41) is 0. The van der Waals surface area contributed by atoms with Crippen LogP contribution in [-0.4, -0.2) is 31.9 Å². The predicted octanol–water partition coefficient (Wildman–Crippen LogP) is 1.14. The second-order valence-electron chi connectivity index (χ2n) is 3.56. The van der Waals surface area contributed by atoms with Gasteiger partial charge >= 0.3 is 10.3 Å². The lowest BCUT2D eigenvalue weighted by molar-refractivity contribution is 0.206. The van der Waals surface area contributed by atoms with Gasteiger partial charge in [0.15, 0.2) is 0 Å². The molecule has 1 rings (SSSR count). The van der Waals surface area contributed by atoms with Crippen LogP contribution in [0.5, 0.6) is 0 Å². The van der Waals surface area contributed by atoms with Crippen LogP contribution in [0, 0.1) is 0 Å². The smallest absolute Gasteiger partial charge is 0.255 e. The number of hydrogen-bond donors (Lipinski definition) is 0. The van der Waals surface area contributed by atoms with Crippen molar-refractivity contribution < 1.29 is 12.6 Å². The number of hydrogen-bond acceptors (Lipinski definition) is 3. The fourth-order valence-corrected chi connectivity index (χ4v) is 2.71. The summed E-state index contributed by atoms with van der Waals surface area (Å²) in [6.07, 6.45) is 2.74. The molecule has 78 valence electrons. The predicted molar refractivity (Wildman–Crippen MR) is 50.6 cm³/mol. The van der Waals surface area contributed by atoms with Gasteiger partial charge in [0.25, 0.3) is 0 Å². The maximum absolute atomic E-state index is 11.5. The fraction of sp³-hybridized carbons (Fsp3) is 1.00. The third-order valence-electron chi connectivity index (χ3n) is 1.95. The van der Waals surface area contributed by atoms with Crippen LogP contribution in [0.2, 0.25) is 0 Å². The van der Waals surface area contributed by atoms with E-state index in [0.29, 0.717) is 13.1 Å². The van der Waals surface area contributed by atoms with Gasteiger partial charge in [0.2, 0.25) is 0 Å². The first kappa shape index (κ1) is 10.9. The van der Waals surface area contributed by atoms with Gasteiger partial charge in [0, 0.05) is 13.1 Å². The van der Waals surface area contributed by atoms with Crippen LogP contribution in [0.3, 0.4) is 0 Å². The summed E-state index contributed by atoms with van der Waals surface area (Å²) in [6, 6.07) is 0. The van der Waals surface area contributed by atoms with Gasteiger partial charge in [-0.05, 0) is 26.7 Å². The molecule has 0 atom stereocenters. The number of rotatable bonds is 3. The maximum atomic E-state index is 11.5. The Bertz CT molecular complexity index is 242. The van der Waals surface area contributed by atoms with Gasteiger partial charge in [-0.1, -0.05) is 6.42 Å². The molecule has 5 heteroatoms. The third kappa shape index (κ3) is 3.25. The monoisotopic (exact) mass is 207 g/mol. The molecule has 1 saturated heterocycles. The quantitative estimate of drug-likeness (QED) is 0.697. The normalized spacial score (nSPS) is 20.8. The Kier molecular flexibility index (Phi) is 3.70. The van der Waals surface area contributed by atoms with E-state index >= 15 is 0 Å². The molecule has 1 fully saturated rings. The van der Waals surface area contributed by atoms with Crippen LogP contribution in [0.25, 0.3) is 0 Å². The average Bonchev–Trinajstić information content (AvgIpc) is 2.04. The van der Waals surface area contributed by atoms with Gasteiger partial charge in [0.05, 0.1) is 6.10 Å². The first-order valence-corrected chi connectivity index (χ1v) is 6.07. The summed E-state index contributed by atoms with van der Waals surface area (Å²) in [5.74, 6) is 0. The van der Waals surface area contributed by atoms with Crippen molar-refractivity contribution in [1.82, 2.24) is 4.31 Å². The summed E-state index contributed by atoms with van der Waals surface area (Å²) < 4.78 is 29.3. The Balaban J connectivity index is 2.57. The summed E-state index contributed by atoms with van der Waals surface area (Å²) in [4.78, 5) is 0. The van der Waals surface area contributed by atoms with Crippen molar-refractivity contribution in [2.45, 2.75) is 39.2 Å². The van der Waals surface area contributed by atoms with Gasteiger partial charge in [-0.3, -0.25) is 4.18 Å². The van der Waals surface area contributed by atoms with Crippen molar-refractivity contribution in [1.29, 1.82) is 0 Å². The van der Waals surface area contributed by atoms with E-state index in [9.17, 15) is 8.42 Å². The molecule has 0 saturated carbocycles. The Labute approximate surface area is 80.1 Å². The molecule has 0 aromatic rings. The van der Waals surface area contributed by atoms with E-state index in [0.717, 1.165) is 19.3 Å². The maximum Gasteiger partial charge on any atom is 0.338 e. The summed E-state index contributed by atoms with van der Waals surface area (Å²) in [7, 11) is -3.45. The molecule has 0 aromatic heterocycles. The summed E-state index contributed by atoms with van der Waals surface area (Å²) >= 11 is 0. The Morgan fingerprint density at radius 1 is 1.15 bits per heavy atom. The topological polar surface area (TPSA) is 46.6 Å². The zero-order valence-electron chi connectivity index (χ0n) is 8.19. The molecule has 0 amide bonds. The Morgan fingerprint density at radius 2 is 1.69 bits per heavy atom. The first-order chi connectivity index (χ1) is 6.02. The molecule has 0 aliphatic carbocycles. The average molecular weight is 207 g/mol. The molecule has 4 nitrogen and oxygen atoms in total. The Morgan fingerprint density at radius 3 is 2.15 bits per heavy atom. The molecule has 0 aromatic carbocycles. The molecule has 0 radical (unpaired) electrons. The highest BCUT2D eigenvalue weighted by Gasteiger charge is 2.25. The van der Waals surface area contributed by atoms with Crippen LogP contribution in [0.15, 0.2) is 0 Å². The van der Waals surface area contributed by atoms with Gasteiger partial charge in [0.1, 0.15) is 0 Å². The van der Waals surface area contributed by atoms with Gasteiger partial charge in [-0.15, -0.1) is 0 Å². The lowest BCUT2D eigenvalue weighted by atomic mass is 10.2. The molecule has 13 heavy (non-hydrogen) atoms. The minimum Gasteiger partial charge on any atom is -0.255 e. The first-order valence-electron chi connectivity index (χ1n) is 4.71. The van der Waals surface area contributed by atoms with Crippen LogP contribution in [0.4, 0.5) is 0 Å². The van der Waals surface area contributed by atoms with Crippen LogP contribution < -0.4 is 0 Å². The molecular formula is C8H17NO3S. The van der Waals surface area contributed by atoms with E-state index in [4.69, 9.17) is 4.18 Å². The van der Waals surface area contributed by atoms with E-state index in [1.807, 2.05) is 0 Å². The number of nitrogens with zero attached hydrogens (tertiary/aromatic N) is 1. The van der Waals surface area contributed by atoms with Crippen LogP contribution in [0.1, 0.15) is 33.1 Å². The summed E-state index contributed by atoms with van der Waals surface area (Å²) in [5.41, 5.74) is 0. The molecule has 0 unspecified atom stereocenters. The zero-order valence-corrected chi connectivity index (χ0v) is 9.01. The molecule has 0 bridgehead atoms. The van der Waals surface area contributed by atoms with Gasteiger partial charge in [-0.25, -0.2) is 0 Å². The van der Waals surface area contributed by atoms with E-state index in [2.05, 4.69) is 0 Å². The zero-order chi connectivity index (χ0) is 9.90. The summed E-state index contributed by atoms with van der Waals surface area (Å²) in [6.45, 7) is 4.66. The molecule has 1 heterocycles. The van der Waals surface area contributed by atoms with Crippen molar-refractivity contribution in [3.63, 3.8) is 0 Å². The molecule has 1 aliphatic heterocycles. The van der Waals surface area contributed by atoms with Crippen molar-refractivity contribution in [3.05, 3.63) is 0 Å². The number of piperidine rings is 1. The standard InChI is InChI=1S/C8H17NO3S/c1-8(2)12-13(10,11)9-6-4-3-5-7-9/h8H,3-7H2,1-2H3. The largest absolute Gasteiger partial charge is 0.338 e. The minimum absolute atomic E-state index is 0.271. The lowest BCUT2D eigenvalue weighted by Crippen LogP contribution is -2.37. The fourth-order valence-electron chi connectivity index (χ4n) is 1.39. The second kappa shape index (κ2) is 4.39. The molecular weight excluding hydrogens is 190 g/mol. The lowest BCUT2D eigenvalue weighted by Gasteiger charge is -2.25. The van der Waals surface area contributed by atoms with E-state index < -0.39 is 10.3 Å². The van der Waals surface area contributed by atoms with Crippen molar-refractivity contribution in [2.75, 3.05) is 13.1 Å². The molecule has 1 aliphatic rings. The SMILES string of the molecule is CC(C)OS(=O)(=O)N1CCCCC1. The van der Waals surface area contributed by atoms with E-state index in [-0.39, 0.29) is 6.10 Å². The van der Waals surface area contributed by atoms with Crippen molar-refractivity contribution >= 4 is 10.3 Å². The van der Waals surface area contributed by atoms with Crippen LogP contribution >= 0.6 is 0 Å². The van der Waals surface area contributed by atoms with Gasteiger partial charge < -0.3 is 0 Å². The van der Waals surface area contributed by atoms with E-state index in [1.54, 1.807) is 13.8 Å². The highest BCUT2D eigenvalue weighted by Crippen LogP contribution is 2.15. The van der Waals surface area contributed by atoms with Gasteiger partial charge in [-0.2, -0.15) is 12.7 Å². The molecule has 0 N–H and O–H groups in total. The minimum atomic E-state index is -3.45. The van der Waals surface area contributed by atoms with Crippen LogP contribution in [-0.2, 0) is 14.5 Å². The highest BCUT2D eigenvalue weighted by molar-refractivity contribution is 7.84. The van der Waals surface area contributed by atoms with Crippen molar-refractivity contribution in [2.24, 2.45) is 0 Å². The highest BCUT2D eigenvalue weighted by atomic mass is 32.2.